The van der Waals surface area contributed by atoms with E-state index in [1.54, 1.807) is 37.3 Å². The first-order chi connectivity index (χ1) is 12.5. The molecule has 0 N–H and O–H groups in total. The summed E-state index contributed by atoms with van der Waals surface area (Å²) in [5.74, 6) is 0.712. The van der Waals surface area contributed by atoms with Crippen molar-refractivity contribution >= 4 is 16.9 Å². The van der Waals surface area contributed by atoms with Crippen LogP contribution in [0.1, 0.15) is 11.4 Å². The molecule has 6 nitrogen and oxygen atoms in total. The maximum Gasteiger partial charge on any atom is 0.344 e. The van der Waals surface area contributed by atoms with Gasteiger partial charge < -0.3 is 9.47 Å². The van der Waals surface area contributed by atoms with E-state index in [1.165, 1.54) is 4.57 Å². The first-order valence-electron chi connectivity index (χ1n) is 8.36. The first kappa shape index (κ1) is 17.7. The minimum absolute atomic E-state index is 0.0802. The fourth-order valence-corrected chi connectivity index (χ4v) is 2.61. The number of fused-ring (bicyclic) bond motifs is 1. The predicted octanol–water partition coefficient (Wildman–Crippen LogP) is 2.64. The molecule has 0 saturated heterocycles. The SMILES string of the molecule is Cc1ccc(OCC(=O)OCCn2c(C)nc3ccccc3c2=O)cc1. The third-order valence-electron chi connectivity index (χ3n) is 4.01. The molecule has 0 aliphatic carbocycles. The molecule has 3 rings (SSSR count). The highest BCUT2D eigenvalue weighted by molar-refractivity contribution is 5.77. The van der Waals surface area contributed by atoms with Crippen LogP contribution in [0.15, 0.2) is 53.3 Å². The third kappa shape index (κ3) is 4.08. The smallest absolute Gasteiger partial charge is 0.344 e. The first-order valence-corrected chi connectivity index (χ1v) is 8.36. The van der Waals surface area contributed by atoms with Crippen molar-refractivity contribution in [1.82, 2.24) is 9.55 Å². The number of carbonyl (C=O) groups is 1. The third-order valence-corrected chi connectivity index (χ3v) is 4.01. The van der Waals surface area contributed by atoms with Crippen molar-refractivity contribution in [1.29, 1.82) is 0 Å². The number of hydrogen-bond donors (Lipinski definition) is 0. The lowest BCUT2D eigenvalue weighted by Crippen LogP contribution is -2.27. The summed E-state index contributed by atoms with van der Waals surface area (Å²) in [5, 5.41) is 0.548. The van der Waals surface area contributed by atoms with Crippen LogP contribution in [0.3, 0.4) is 0 Å². The fourth-order valence-electron chi connectivity index (χ4n) is 2.61. The molecule has 26 heavy (non-hydrogen) atoms. The van der Waals surface area contributed by atoms with Crippen molar-refractivity contribution in [3.63, 3.8) is 0 Å². The minimum atomic E-state index is -0.481. The highest BCUT2D eigenvalue weighted by atomic mass is 16.6. The molecule has 0 bridgehead atoms. The number of ether oxygens (including phenoxy) is 2. The Morgan fingerprint density at radius 2 is 1.81 bits per heavy atom. The molecular formula is C20H20N2O4. The van der Waals surface area contributed by atoms with Crippen molar-refractivity contribution in [2.45, 2.75) is 20.4 Å². The molecule has 0 atom stereocenters. The van der Waals surface area contributed by atoms with Crippen molar-refractivity contribution in [2.75, 3.05) is 13.2 Å². The molecule has 1 aromatic heterocycles. The Balaban J connectivity index is 1.56. The number of benzene rings is 2. The topological polar surface area (TPSA) is 70.4 Å². The van der Waals surface area contributed by atoms with Gasteiger partial charge in [0.1, 0.15) is 18.2 Å². The van der Waals surface area contributed by atoms with Crippen LogP contribution >= 0.6 is 0 Å². The van der Waals surface area contributed by atoms with Gasteiger partial charge in [-0.05, 0) is 38.1 Å². The van der Waals surface area contributed by atoms with Gasteiger partial charge in [-0.2, -0.15) is 0 Å². The number of aromatic nitrogens is 2. The zero-order valence-electron chi connectivity index (χ0n) is 14.8. The molecule has 0 amide bonds. The normalized spacial score (nSPS) is 10.7. The average molecular weight is 352 g/mol. The summed E-state index contributed by atoms with van der Waals surface area (Å²) in [4.78, 5) is 28.7. The summed E-state index contributed by atoms with van der Waals surface area (Å²) < 4.78 is 12.0. The molecule has 1 heterocycles. The van der Waals surface area contributed by atoms with Crippen LogP contribution < -0.4 is 10.3 Å². The number of aryl methyl sites for hydroxylation is 2. The summed E-state index contributed by atoms with van der Waals surface area (Å²) in [5.41, 5.74) is 1.64. The Hall–Kier alpha value is -3.15. The maximum atomic E-state index is 12.5. The van der Waals surface area contributed by atoms with E-state index in [0.29, 0.717) is 22.5 Å². The van der Waals surface area contributed by atoms with Gasteiger partial charge in [-0.25, -0.2) is 9.78 Å². The van der Waals surface area contributed by atoms with E-state index in [0.717, 1.165) is 5.56 Å². The van der Waals surface area contributed by atoms with Gasteiger partial charge in [0.05, 0.1) is 17.4 Å². The second-order valence-electron chi connectivity index (χ2n) is 5.96. The van der Waals surface area contributed by atoms with E-state index < -0.39 is 5.97 Å². The summed E-state index contributed by atoms with van der Waals surface area (Å²) in [7, 11) is 0. The largest absolute Gasteiger partial charge is 0.482 e. The minimum Gasteiger partial charge on any atom is -0.482 e. The summed E-state index contributed by atoms with van der Waals surface area (Å²) in [6, 6.07) is 14.6. The number of nitrogens with zero attached hydrogens (tertiary/aromatic N) is 2. The van der Waals surface area contributed by atoms with Crippen LogP contribution in [0.4, 0.5) is 0 Å². The van der Waals surface area contributed by atoms with Gasteiger partial charge in [-0.15, -0.1) is 0 Å². The van der Waals surface area contributed by atoms with E-state index in [2.05, 4.69) is 4.98 Å². The summed E-state index contributed by atoms with van der Waals surface area (Å²) >= 11 is 0. The molecule has 2 aromatic carbocycles. The van der Waals surface area contributed by atoms with Crippen LogP contribution in [0, 0.1) is 13.8 Å². The van der Waals surface area contributed by atoms with Gasteiger partial charge in [-0.3, -0.25) is 9.36 Å². The molecule has 0 unspecified atom stereocenters. The van der Waals surface area contributed by atoms with Crippen molar-refractivity contribution in [3.8, 4) is 5.75 Å². The lowest BCUT2D eigenvalue weighted by atomic mass is 10.2. The monoisotopic (exact) mass is 352 g/mol. The van der Waals surface area contributed by atoms with Gasteiger partial charge in [0.15, 0.2) is 6.61 Å². The van der Waals surface area contributed by atoms with Crippen LogP contribution in [-0.2, 0) is 16.1 Å². The highest BCUT2D eigenvalue weighted by Crippen LogP contribution is 2.11. The Bertz CT molecular complexity index is 977. The molecule has 134 valence electrons. The van der Waals surface area contributed by atoms with E-state index in [-0.39, 0.29) is 25.3 Å². The van der Waals surface area contributed by atoms with Gasteiger partial charge in [0.25, 0.3) is 5.56 Å². The van der Waals surface area contributed by atoms with E-state index >= 15 is 0 Å². The summed E-state index contributed by atoms with van der Waals surface area (Å²) in [6.45, 7) is 3.89. The van der Waals surface area contributed by atoms with Crippen LogP contribution in [0.5, 0.6) is 5.75 Å². The Kier molecular flexibility index (Phi) is 5.31. The fraction of sp³-hybridized carbons (Fsp3) is 0.250. The number of esters is 1. The number of rotatable bonds is 6. The van der Waals surface area contributed by atoms with Gasteiger partial charge in [0.2, 0.25) is 0 Å². The van der Waals surface area contributed by atoms with Gasteiger partial charge in [0, 0.05) is 0 Å². The lowest BCUT2D eigenvalue weighted by Gasteiger charge is -2.11. The quantitative estimate of drug-likeness (QED) is 0.638. The van der Waals surface area contributed by atoms with Crippen LogP contribution in [0.25, 0.3) is 10.9 Å². The second-order valence-corrected chi connectivity index (χ2v) is 5.96. The van der Waals surface area contributed by atoms with Gasteiger partial charge >= 0.3 is 5.97 Å². The van der Waals surface area contributed by atoms with Gasteiger partial charge in [-0.1, -0.05) is 29.8 Å². The number of hydrogen-bond acceptors (Lipinski definition) is 5. The van der Waals surface area contributed by atoms with E-state index in [1.807, 2.05) is 25.1 Å². The zero-order valence-corrected chi connectivity index (χ0v) is 14.8. The molecule has 3 aromatic rings. The Morgan fingerprint density at radius 1 is 1.08 bits per heavy atom. The standard InChI is InChI=1S/C20H20N2O4/c1-14-7-9-16(10-8-14)26-13-19(23)25-12-11-22-15(2)21-18-6-4-3-5-17(18)20(22)24/h3-10H,11-13H2,1-2H3. The second kappa shape index (κ2) is 7.82. The van der Waals surface area contributed by atoms with Crippen molar-refractivity contribution in [2.24, 2.45) is 0 Å². The molecular weight excluding hydrogens is 332 g/mol. The van der Waals surface area contributed by atoms with Crippen molar-refractivity contribution in [3.05, 3.63) is 70.3 Å². The average Bonchev–Trinajstić information content (AvgIpc) is 2.64. The molecule has 6 heteroatoms. The van der Waals surface area contributed by atoms with Crippen LogP contribution in [-0.4, -0.2) is 28.7 Å². The molecule has 0 fully saturated rings. The highest BCUT2D eigenvalue weighted by Gasteiger charge is 2.09. The van der Waals surface area contributed by atoms with Crippen molar-refractivity contribution < 1.29 is 14.3 Å². The molecule has 0 saturated carbocycles. The Labute approximate surface area is 151 Å². The molecule has 0 spiro atoms. The van der Waals surface area contributed by atoms with Crippen LogP contribution in [0.2, 0.25) is 0 Å². The maximum absolute atomic E-state index is 12.5. The molecule has 0 radical (unpaired) electrons. The molecule has 0 aliphatic heterocycles. The predicted molar refractivity (Wildman–Crippen MR) is 98.4 cm³/mol. The number of para-hydroxylation sites is 1. The van der Waals surface area contributed by atoms with E-state index in [9.17, 15) is 9.59 Å². The van der Waals surface area contributed by atoms with E-state index in [4.69, 9.17) is 9.47 Å². The molecule has 0 aliphatic rings. The summed E-state index contributed by atoms with van der Waals surface area (Å²) in [6.07, 6.45) is 0. The number of carbonyl (C=O) groups excluding carboxylic acids is 1. The lowest BCUT2D eigenvalue weighted by molar-refractivity contribution is -0.146. The Morgan fingerprint density at radius 3 is 2.58 bits per heavy atom. The zero-order chi connectivity index (χ0) is 18.5.